The summed E-state index contributed by atoms with van der Waals surface area (Å²) in [5, 5.41) is 12.4. The average molecular weight is 594 g/mol. The molecule has 218 valence electrons. The van der Waals surface area contributed by atoms with E-state index < -0.39 is 6.29 Å². The average Bonchev–Trinajstić information content (AvgIpc) is 3.07. The van der Waals surface area contributed by atoms with Crippen LogP contribution in [0.25, 0.3) is 11.0 Å². The highest BCUT2D eigenvalue weighted by Crippen LogP contribution is 2.40. The number of hydrogen-bond donors (Lipinski definition) is 2. The van der Waals surface area contributed by atoms with Crippen LogP contribution in [0, 0.1) is 0 Å². The summed E-state index contributed by atoms with van der Waals surface area (Å²) in [4.78, 5) is 22.9. The van der Waals surface area contributed by atoms with Gasteiger partial charge in [-0.15, -0.1) is 11.8 Å². The van der Waals surface area contributed by atoms with Crippen molar-refractivity contribution < 1.29 is 24.1 Å². The third kappa shape index (κ3) is 6.87. The van der Waals surface area contributed by atoms with E-state index in [-0.39, 0.29) is 30.4 Å². The molecule has 8 nitrogen and oxygen atoms in total. The predicted octanol–water partition coefficient (Wildman–Crippen LogP) is 6.72. The number of aromatic nitrogens is 2. The number of thioether (sulfide) groups is 1. The van der Waals surface area contributed by atoms with Crippen molar-refractivity contribution in [2.45, 2.75) is 36.4 Å². The summed E-state index contributed by atoms with van der Waals surface area (Å²) in [6, 6.07) is 30.6. The van der Waals surface area contributed by atoms with Gasteiger partial charge in [-0.2, -0.15) is 0 Å². The smallest absolute Gasteiger partial charge is 0.275 e. The number of rotatable bonds is 9. The molecule has 0 radical (unpaired) electrons. The second kappa shape index (κ2) is 13.4. The first kappa shape index (κ1) is 28.8. The molecule has 0 aliphatic carbocycles. The molecule has 1 fully saturated rings. The number of carbonyl (C=O) groups excluding carboxylic acids is 1. The highest BCUT2D eigenvalue weighted by atomic mass is 32.2. The Morgan fingerprint density at radius 1 is 0.953 bits per heavy atom. The van der Waals surface area contributed by atoms with Gasteiger partial charge in [-0.25, -0.2) is 4.98 Å². The molecule has 1 amide bonds. The molecule has 1 aliphatic heterocycles. The zero-order chi connectivity index (χ0) is 29.6. The molecule has 0 unspecified atom stereocenters. The molecule has 4 aromatic carbocycles. The van der Waals surface area contributed by atoms with Gasteiger partial charge in [-0.3, -0.25) is 9.78 Å². The largest absolute Gasteiger partial charge is 0.496 e. The van der Waals surface area contributed by atoms with Crippen molar-refractivity contribution in [3.05, 3.63) is 126 Å². The Balaban J connectivity index is 1.22. The lowest BCUT2D eigenvalue weighted by molar-refractivity contribution is -0.245. The molecule has 0 saturated carbocycles. The maximum atomic E-state index is 13.1. The van der Waals surface area contributed by atoms with Gasteiger partial charge in [0.15, 0.2) is 6.29 Å². The van der Waals surface area contributed by atoms with E-state index in [4.69, 9.17) is 14.2 Å². The van der Waals surface area contributed by atoms with Crippen molar-refractivity contribution in [2.24, 2.45) is 0 Å². The monoisotopic (exact) mass is 593 g/mol. The summed E-state index contributed by atoms with van der Waals surface area (Å²) in [6.07, 6.45) is 1.14. The van der Waals surface area contributed by atoms with E-state index in [1.165, 1.54) is 6.20 Å². The van der Waals surface area contributed by atoms with Gasteiger partial charge < -0.3 is 24.6 Å². The third-order valence-corrected chi connectivity index (χ3v) is 8.39. The van der Waals surface area contributed by atoms with Crippen molar-refractivity contribution in [1.29, 1.82) is 0 Å². The molecule has 1 aromatic heterocycles. The number of amides is 1. The first-order valence-corrected chi connectivity index (χ1v) is 15.0. The van der Waals surface area contributed by atoms with Crippen LogP contribution in [0.15, 0.2) is 108 Å². The van der Waals surface area contributed by atoms with Crippen LogP contribution in [0.1, 0.15) is 46.0 Å². The molecule has 2 heterocycles. The number of nitrogens with zero attached hydrogens (tertiary/aromatic N) is 2. The van der Waals surface area contributed by atoms with Gasteiger partial charge in [-0.1, -0.05) is 60.7 Å². The Morgan fingerprint density at radius 2 is 1.74 bits per heavy atom. The molecule has 0 bridgehead atoms. The SMILES string of the molecule is COc1ccccc1SC[C@H]1C[C@@H](c2ccc(CO)cc2)O[C@@H](c2cccc(NC(=O)c3cnc4ccccc4n3)c2)O1. The van der Waals surface area contributed by atoms with E-state index in [0.29, 0.717) is 23.4 Å². The lowest BCUT2D eigenvalue weighted by atomic mass is 10.0. The number of aliphatic hydroxyl groups excluding tert-OH is 1. The fourth-order valence-corrected chi connectivity index (χ4v) is 6.02. The summed E-state index contributed by atoms with van der Waals surface area (Å²) in [7, 11) is 1.67. The number of aliphatic hydroxyl groups is 1. The Morgan fingerprint density at radius 3 is 2.56 bits per heavy atom. The van der Waals surface area contributed by atoms with Gasteiger partial charge in [-0.05, 0) is 47.5 Å². The minimum absolute atomic E-state index is 0.0149. The number of para-hydroxylation sites is 3. The van der Waals surface area contributed by atoms with Crippen LogP contribution in [0.5, 0.6) is 5.75 Å². The molecule has 1 aliphatic rings. The maximum absolute atomic E-state index is 13.1. The van der Waals surface area contributed by atoms with Crippen molar-refractivity contribution in [3.8, 4) is 5.75 Å². The van der Waals surface area contributed by atoms with Crippen LogP contribution >= 0.6 is 11.8 Å². The molecular weight excluding hydrogens is 562 g/mol. The molecule has 1 saturated heterocycles. The van der Waals surface area contributed by atoms with E-state index in [0.717, 1.165) is 32.9 Å². The second-order valence-corrected chi connectivity index (χ2v) is 11.2. The number of benzene rings is 4. The summed E-state index contributed by atoms with van der Waals surface area (Å²) >= 11 is 1.68. The number of fused-ring (bicyclic) bond motifs is 1. The Kier molecular flexibility index (Phi) is 8.95. The Bertz CT molecular complexity index is 1710. The number of hydrogen-bond acceptors (Lipinski definition) is 8. The summed E-state index contributed by atoms with van der Waals surface area (Å²) in [5.74, 6) is 1.17. The van der Waals surface area contributed by atoms with E-state index in [1.54, 1.807) is 18.9 Å². The van der Waals surface area contributed by atoms with Gasteiger partial charge in [0.05, 0.1) is 43.2 Å². The number of ether oxygens (including phenoxy) is 3. The minimum atomic E-state index is -0.656. The van der Waals surface area contributed by atoms with E-state index in [1.807, 2.05) is 97.1 Å². The number of carbonyl (C=O) groups is 1. The van der Waals surface area contributed by atoms with Crippen LogP contribution < -0.4 is 10.1 Å². The second-order valence-electron chi connectivity index (χ2n) is 10.1. The lowest BCUT2D eigenvalue weighted by Crippen LogP contribution is -2.31. The van der Waals surface area contributed by atoms with Gasteiger partial charge in [0.2, 0.25) is 0 Å². The van der Waals surface area contributed by atoms with Gasteiger partial charge in [0.25, 0.3) is 5.91 Å². The molecule has 3 atom stereocenters. The molecule has 0 spiro atoms. The summed E-state index contributed by atoms with van der Waals surface area (Å²) in [5.41, 5.74) is 4.85. The maximum Gasteiger partial charge on any atom is 0.275 e. The van der Waals surface area contributed by atoms with Crippen molar-refractivity contribution >= 4 is 34.4 Å². The quantitative estimate of drug-likeness (QED) is 0.182. The summed E-state index contributed by atoms with van der Waals surface area (Å²) in [6.45, 7) is -0.0149. The molecule has 43 heavy (non-hydrogen) atoms. The number of methoxy groups -OCH3 is 1. The van der Waals surface area contributed by atoms with Gasteiger partial charge >= 0.3 is 0 Å². The van der Waals surface area contributed by atoms with Gasteiger partial charge in [0.1, 0.15) is 11.4 Å². The Hall–Kier alpha value is -4.28. The van der Waals surface area contributed by atoms with Crippen LogP contribution in [-0.4, -0.2) is 39.9 Å². The van der Waals surface area contributed by atoms with Crippen LogP contribution in [0.2, 0.25) is 0 Å². The highest BCUT2D eigenvalue weighted by molar-refractivity contribution is 7.99. The van der Waals surface area contributed by atoms with Crippen molar-refractivity contribution in [1.82, 2.24) is 9.97 Å². The van der Waals surface area contributed by atoms with Crippen LogP contribution in [0.4, 0.5) is 5.69 Å². The summed E-state index contributed by atoms with van der Waals surface area (Å²) < 4.78 is 18.5. The fourth-order valence-electron chi connectivity index (χ4n) is 4.97. The molecule has 2 N–H and O–H groups in total. The third-order valence-electron chi connectivity index (χ3n) is 7.21. The molecule has 9 heteroatoms. The molecular formula is C34H31N3O5S. The first-order valence-electron chi connectivity index (χ1n) is 14.0. The predicted molar refractivity (Wildman–Crippen MR) is 166 cm³/mol. The fraction of sp³-hybridized carbons (Fsp3) is 0.206. The van der Waals surface area contributed by atoms with E-state index in [9.17, 15) is 9.90 Å². The minimum Gasteiger partial charge on any atom is -0.496 e. The first-order chi connectivity index (χ1) is 21.1. The molecule has 5 aromatic rings. The van der Waals surface area contributed by atoms with Crippen LogP contribution in [0.3, 0.4) is 0 Å². The lowest BCUT2D eigenvalue weighted by Gasteiger charge is -2.36. The standard InChI is InChI=1S/C34H31N3O5S/c1-40-30-11-4-5-12-32(30)43-21-26-18-31(23-15-13-22(20-38)14-16-23)42-34(41-26)24-7-6-8-25(17-24)36-33(39)29-19-35-27-9-2-3-10-28(27)37-29/h2-17,19,26,31,34,38H,18,20-21H2,1H3,(H,36,39)/t26-,31+,34+/m1/s1. The zero-order valence-electron chi connectivity index (χ0n) is 23.6. The van der Waals surface area contributed by atoms with E-state index in [2.05, 4.69) is 15.3 Å². The number of anilines is 1. The van der Waals surface area contributed by atoms with E-state index >= 15 is 0 Å². The van der Waals surface area contributed by atoms with Crippen LogP contribution in [-0.2, 0) is 16.1 Å². The topological polar surface area (TPSA) is 103 Å². The highest BCUT2D eigenvalue weighted by Gasteiger charge is 2.32. The zero-order valence-corrected chi connectivity index (χ0v) is 24.4. The Labute approximate surface area is 254 Å². The van der Waals surface area contributed by atoms with Gasteiger partial charge in [0, 0.05) is 28.3 Å². The number of nitrogens with one attached hydrogen (secondary N) is 1. The van der Waals surface area contributed by atoms with Crippen molar-refractivity contribution in [2.75, 3.05) is 18.2 Å². The normalized spacial score (nSPS) is 18.3. The van der Waals surface area contributed by atoms with Crippen molar-refractivity contribution in [3.63, 3.8) is 0 Å². The molecule has 6 rings (SSSR count).